The molecule has 0 aliphatic heterocycles. The molecule has 1 atom stereocenters. The Bertz CT molecular complexity index is 903. The molecule has 0 heterocycles. The molecule has 0 saturated carbocycles. The summed E-state index contributed by atoms with van der Waals surface area (Å²) in [5.41, 5.74) is 1.02. The van der Waals surface area contributed by atoms with E-state index in [9.17, 15) is 13.5 Å². The van der Waals surface area contributed by atoms with E-state index in [2.05, 4.69) is 13.8 Å². The molecule has 0 fully saturated rings. The average Bonchev–Trinajstić information content (AvgIpc) is 2.73. The van der Waals surface area contributed by atoms with Gasteiger partial charge < -0.3 is 0 Å². The van der Waals surface area contributed by atoms with Gasteiger partial charge in [-0.15, -0.1) is 0 Å². The van der Waals surface area contributed by atoms with E-state index < -0.39 is 15.9 Å². The summed E-state index contributed by atoms with van der Waals surface area (Å²) in [5.74, 6) is 0. The molecule has 5 heteroatoms. The summed E-state index contributed by atoms with van der Waals surface area (Å²) >= 11 is -0.144. The summed E-state index contributed by atoms with van der Waals surface area (Å²) in [5, 5.41) is 11.1. The minimum atomic E-state index is -3.76. The molecule has 0 aromatic heterocycles. The van der Waals surface area contributed by atoms with E-state index in [1.54, 1.807) is 12.1 Å². The van der Waals surface area contributed by atoms with Crippen LogP contribution in [0.25, 0.3) is 0 Å². The van der Waals surface area contributed by atoms with Crippen LogP contribution in [-0.2, 0) is 9.84 Å². The normalized spacial score (nSPS) is 13.7. The molecule has 2 rings (SSSR count). The molecule has 0 bridgehead atoms. The number of hydrogen-bond donors (Lipinski definition) is 1. The van der Waals surface area contributed by atoms with Crippen molar-refractivity contribution in [3.8, 4) is 0 Å². The fourth-order valence-corrected chi connectivity index (χ4v) is 8.04. The monoisotopic (exact) mass is 494 g/mol. The number of unbranched alkanes of at least 4 members (excludes halogenated alkanes) is 3. The Morgan fingerprint density at radius 2 is 1.57 bits per heavy atom. The van der Waals surface area contributed by atoms with Gasteiger partial charge in [-0.1, -0.05) is 0 Å². The molecule has 0 spiro atoms. The van der Waals surface area contributed by atoms with Gasteiger partial charge in [-0.3, -0.25) is 0 Å². The second-order valence-corrected chi connectivity index (χ2v) is 12.0. The standard InChI is InChI=1S/C25H34O3SSe/c1-4-6-9-15-24(30-22-12-10-8-11-13-22)25(23(26)14-7-5-2)29(27,28)21-18-16-20(3)17-19-21/h8,10-13,16-19,23,26H,4-7,9,14-15H2,1-3H3/b25-24-. The van der Waals surface area contributed by atoms with Crippen LogP contribution in [0.5, 0.6) is 0 Å². The molecule has 2 aromatic rings. The average molecular weight is 494 g/mol. The molecule has 2 aromatic carbocycles. The SMILES string of the molecule is CCCCC/C([Se]c1ccccc1)=C(\C(O)CCCC)S(=O)(=O)c1ccc(C)cc1. The summed E-state index contributed by atoms with van der Waals surface area (Å²) in [7, 11) is -3.76. The Balaban J connectivity index is 2.59. The number of hydrogen-bond acceptors (Lipinski definition) is 3. The van der Waals surface area contributed by atoms with Crippen molar-refractivity contribution in [3.05, 3.63) is 69.5 Å². The van der Waals surface area contributed by atoms with Crippen LogP contribution in [-0.4, -0.2) is 34.6 Å². The van der Waals surface area contributed by atoms with Crippen molar-refractivity contribution in [1.29, 1.82) is 0 Å². The first-order valence-corrected chi connectivity index (χ1v) is 14.1. The Labute approximate surface area is 188 Å². The summed E-state index contributed by atoms with van der Waals surface area (Å²) in [6.45, 7) is 6.14. The number of rotatable bonds is 12. The van der Waals surface area contributed by atoms with Gasteiger partial charge in [0.15, 0.2) is 0 Å². The fraction of sp³-hybridized carbons (Fsp3) is 0.440. The van der Waals surface area contributed by atoms with Crippen molar-refractivity contribution >= 4 is 29.3 Å². The second kappa shape index (κ2) is 12.5. The Kier molecular flexibility index (Phi) is 10.3. The van der Waals surface area contributed by atoms with Gasteiger partial charge in [0.1, 0.15) is 0 Å². The molecule has 0 radical (unpaired) electrons. The molecule has 1 unspecified atom stereocenters. The molecule has 3 nitrogen and oxygen atoms in total. The topological polar surface area (TPSA) is 54.4 Å². The third-order valence-electron chi connectivity index (χ3n) is 5.02. The van der Waals surface area contributed by atoms with Crippen molar-refractivity contribution in [2.24, 2.45) is 0 Å². The molecular formula is C25H34O3SSe. The van der Waals surface area contributed by atoms with Crippen molar-refractivity contribution < 1.29 is 13.5 Å². The van der Waals surface area contributed by atoms with Crippen LogP contribution >= 0.6 is 0 Å². The first-order valence-electron chi connectivity index (χ1n) is 10.9. The van der Waals surface area contributed by atoms with Gasteiger partial charge in [0.25, 0.3) is 0 Å². The third kappa shape index (κ3) is 7.09. The zero-order valence-corrected chi connectivity index (χ0v) is 20.8. The molecular weight excluding hydrogens is 459 g/mol. The Morgan fingerprint density at radius 1 is 0.933 bits per heavy atom. The van der Waals surface area contributed by atoms with Crippen LogP contribution in [0.4, 0.5) is 0 Å². The van der Waals surface area contributed by atoms with E-state index in [-0.39, 0.29) is 24.8 Å². The van der Waals surface area contributed by atoms with Crippen LogP contribution < -0.4 is 4.46 Å². The summed E-state index contributed by atoms with van der Waals surface area (Å²) in [6.07, 6.45) is 5.01. The van der Waals surface area contributed by atoms with E-state index in [0.29, 0.717) is 12.8 Å². The van der Waals surface area contributed by atoms with Crippen LogP contribution in [0.15, 0.2) is 68.9 Å². The number of sulfone groups is 1. The Hall–Kier alpha value is -1.39. The number of aryl methyl sites for hydroxylation is 1. The van der Waals surface area contributed by atoms with Gasteiger partial charge in [-0.05, 0) is 0 Å². The Morgan fingerprint density at radius 3 is 2.17 bits per heavy atom. The molecule has 1 N–H and O–H groups in total. The first kappa shape index (κ1) is 24.9. The predicted molar refractivity (Wildman–Crippen MR) is 127 cm³/mol. The van der Waals surface area contributed by atoms with Gasteiger partial charge >= 0.3 is 189 Å². The van der Waals surface area contributed by atoms with E-state index >= 15 is 0 Å². The summed E-state index contributed by atoms with van der Waals surface area (Å²) in [4.78, 5) is 0.523. The maximum absolute atomic E-state index is 13.7. The van der Waals surface area contributed by atoms with E-state index in [1.807, 2.05) is 49.4 Å². The number of benzene rings is 2. The van der Waals surface area contributed by atoms with Crippen molar-refractivity contribution in [2.45, 2.75) is 76.7 Å². The van der Waals surface area contributed by atoms with Crippen LogP contribution in [0, 0.1) is 6.92 Å². The van der Waals surface area contributed by atoms with E-state index in [4.69, 9.17) is 0 Å². The molecule has 164 valence electrons. The zero-order chi connectivity index (χ0) is 22.0. The molecule has 0 aliphatic carbocycles. The van der Waals surface area contributed by atoms with E-state index in [0.717, 1.165) is 46.6 Å². The number of aliphatic hydroxyl groups is 1. The quantitative estimate of drug-likeness (QED) is 0.329. The van der Waals surface area contributed by atoms with Crippen molar-refractivity contribution in [1.82, 2.24) is 0 Å². The summed E-state index contributed by atoms with van der Waals surface area (Å²) in [6, 6.07) is 17.0. The molecule has 0 amide bonds. The first-order chi connectivity index (χ1) is 14.4. The number of allylic oxidation sites excluding steroid dienone is 1. The van der Waals surface area contributed by atoms with E-state index in [1.165, 1.54) is 0 Å². The molecule has 30 heavy (non-hydrogen) atoms. The summed E-state index contributed by atoms with van der Waals surface area (Å²) < 4.78 is 29.5. The van der Waals surface area contributed by atoms with Crippen LogP contribution in [0.2, 0.25) is 0 Å². The number of aliphatic hydroxyl groups excluding tert-OH is 1. The predicted octanol–water partition coefficient (Wildman–Crippen LogP) is 5.14. The van der Waals surface area contributed by atoms with Crippen molar-refractivity contribution in [2.75, 3.05) is 0 Å². The fourth-order valence-electron chi connectivity index (χ4n) is 3.28. The van der Waals surface area contributed by atoms with Crippen LogP contribution in [0.1, 0.15) is 64.4 Å². The molecule has 0 aliphatic rings. The zero-order valence-electron chi connectivity index (χ0n) is 18.3. The molecule has 0 saturated heterocycles. The third-order valence-corrected chi connectivity index (χ3v) is 9.78. The van der Waals surface area contributed by atoms with Gasteiger partial charge in [-0.25, -0.2) is 0 Å². The maximum atomic E-state index is 13.7. The van der Waals surface area contributed by atoms with Crippen molar-refractivity contribution in [3.63, 3.8) is 0 Å². The van der Waals surface area contributed by atoms with Gasteiger partial charge in [0.2, 0.25) is 0 Å². The van der Waals surface area contributed by atoms with Gasteiger partial charge in [-0.2, -0.15) is 0 Å². The van der Waals surface area contributed by atoms with Gasteiger partial charge in [0.05, 0.1) is 0 Å². The van der Waals surface area contributed by atoms with Gasteiger partial charge in [0, 0.05) is 0 Å². The second-order valence-electron chi connectivity index (χ2n) is 7.63. The van der Waals surface area contributed by atoms with Crippen LogP contribution in [0.3, 0.4) is 0 Å². The minimum absolute atomic E-state index is 0.144.